The Hall–Kier alpha value is 0.0249. The Morgan fingerprint density at radius 1 is 1.75 bits per heavy atom. The summed E-state index contributed by atoms with van der Waals surface area (Å²) in [5, 5.41) is 7.88. The van der Waals surface area contributed by atoms with E-state index in [9.17, 15) is 0 Å². The van der Waals surface area contributed by atoms with E-state index in [0.717, 1.165) is 6.32 Å². The molecule has 0 saturated heterocycles. The van der Waals surface area contributed by atoms with Crippen LogP contribution in [0.2, 0.25) is 6.32 Å². The summed E-state index contributed by atoms with van der Waals surface area (Å²) in [6, 6.07) is 0. The molecule has 24 valence electrons. The van der Waals surface area contributed by atoms with Gasteiger partial charge in [0.1, 0.15) is 7.85 Å². The first-order valence-electron chi connectivity index (χ1n) is 1.52. The van der Waals surface area contributed by atoms with Crippen molar-refractivity contribution in [3.05, 3.63) is 0 Å². The van der Waals surface area contributed by atoms with E-state index in [1.807, 2.05) is 7.85 Å². The molecule has 0 atom stereocenters. The minimum Gasteiger partial charge on any atom is -0.397 e. The third-order valence-corrected chi connectivity index (χ3v) is 0.224. The van der Waals surface area contributed by atoms with E-state index in [2.05, 4.69) is 0 Å². The van der Waals surface area contributed by atoms with E-state index >= 15 is 0 Å². The van der Waals surface area contributed by atoms with Gasteiger partial charge in [-0.05, 0) is 0 Å². The van der Waals surface area contributed by atoms with Crippen molar-refractivity contribution < 1.29 is 5.11 Å². The van der Waals surface area contributed by atoms with Crippen LogP contribution in [0, 0.1) is 0 Å². The van der Waals surface area contributed by atoms with Crippen molar-refractivity contribution in [3.8, 4) is 0 Å². The summed E-state index contributed by atoms with van der Waals surface area (Å²) in [6.45, 7) is 0.319. The minimum absolute atomic E-state index is 0.319. The maximum absolute atomic E-state index is 7.88. The number of hydrogen-bond donors (Lipinski definition) is 1. The lowest BCUT2D eigenvalue weighted by Crippen LogP contribution is -1.73. The molecule has 0 aromatic heterocycles. The van der Waals surface area contributed by atoms with Gasteiger partial charge in [0.25, 0.3) is 0 Å². The highest BCUT2D eigenvalue weighted by Crippen LogP contribution is 1.56. The standard InChI is InChI=1S/C2H7BO/c3-1-2-4/h4H,1-3H2. The first kappa shape index (κ1) is 4.02. The molecule has 1 nitrogen and oxygen atoms in total. The Balaban J connectivity index is 1.97. The molecule has 1 N–H and O–H groups in total. The molecule has 0 spiro atoms. The van der Waals surface area contributed by atoms with E-state index in [1.165, 1.54) is 0 Å². The van der Waals surface area contributed by atoms with Crippen LogP contribution in [0.1, 0.15) is 0 Å². The van der Waals surface area contributed by atoms with Crippen molar-refractivity contribution in [1.29, 1.82) is 0 Å². The molecule has 0 aliphatic heterocycles. The van der Waals surface area contributed by atoms with Crippen LogP contribution in [0.3, 0.4) is 0 Å². The Bertz CT molecular complexity index is 8.00. The summed E-state index contributed by atoms with van der Waals surface area (Å²) >= 11 is 0. The maximum Gasteiger partial charge on any atom is 0.104 e. The van der Waals surface area contributed by atoms with Gasteiger partial charge in [-0.3, -0.25) is 0 Å². The summed E-state index contributed by atoms with van der Waals surface area (Å²) in [7, 11) is 1.93. The zero-order valence-corrected chi connectivity index (χ0v) is 2.86. The van der Waals surface area contributed by atoms with Gasteiger partial charge < -0.3 is 5.11 Å². The van der Waals surface area contributed by atoms with E-state index in [1.54, 1.807) is 0 Å². The van der Waals surface area contributed by atoms with Crippen LogP contribution in [0.5, 0.6) is 0 Å². The average molecular weight is 57.9 g/mol. The van der Waals surface area contributed by atoms with Gasteiger partial charge >= 0.3 is 0 Å². The van der Waals surface area contributed by atoms with Crippen molar-refractivity contribution in [2.45, 2.75) is 6.32 Å². The lowest BCUT2D eigenvalue weighted by molar-refractivity contribution is 0.319. The van der Waals surface area contributed by atoms with Crippen molar-refractivity contribution >= 4 is 7.85 Å². The Morgan fingerprint density at radius 2 is 2.00 bits per heavy atom. The van der Waals surface area contributed by atoms with Crippen molar-refractivity contribution in [2.75, 3.05) is 6.61 Å². The predicted molar refractivity (Wildman–Crippen MR) is 20.4 cm³/mol. The fourth-order valence-corrected chi connectivity index (χ4v) is 0. The van der Waals surface area contributed by atoms with Gasteiger partial charge in [-0.25, -0.2) is 0 Å². The van der Waals surface area contributed by atoms with E-state index < -0.39 is 0 Å². The van der Waals surface area contributed by atoms with Gasteiger partial charge in [0, 0.05) is 6.61 Å². The summed E-state index contributed by atoms with van der Waals surface area (Å²) in [4.78, 5) is 0. The minimum atomic E-state index is 0.319. The topological polar surface area (TPSA) is 20.2 Å². The predicted octanol–water partition coefficient (Wildman–Crippen LogP) is -0.970. The van der Waals surface area contributed by atoms with Crippen LogP contribution in [0.4, 0.5) is 0 Å². The lowest BCUT2D eigenvalue weighted by Gasteiger charge is -1.68. The zero-order chi connectivity index (χ0) is 3.41. The second-order valence-electron chi connectivity index (χ2n) is 0.724. The number of rotatable bonds is 1. The van der Waals surface area contributed by atoms with Crippen LogP contribution < -0.4 is 0 Å². The molecule has 2 heteroatoms. The second kappa shape index (κ2) is 3.02. The van der Waals surface area contributed by atoms with Crippen molar-refractivity contribution in [1.82, 2.24) is 0 Å². The molecule has 0 aromatic rings. The molecule has 0 saturated carbocycles. The van der Waals surface area contributed by atoms with Crippen LogP contribution in [-0.2, 0) is 0 Å². The molecule has 0 heterocycles. The Kier molecular flexibility index (Phi) is 3.04. The van der Waals surface area contributed by atoms with E-state index in [0.29, 0.717) is 6.61 Å². The van der Waals surface area contributed by atoms with E-state index in [4.69, 9.17) is 5.11 Å². The number of hydrogen-bond acceptors (Lipinski definition) is 1. The lowest BCUT2D eigenvalue weighted by atomic mass is 10.1. The summed E-state index contributed by atoms with van der Waals surface area (Å²) in [5.41, 5.74) is 0. The first-order valence-corrected chi connectivity index (χ1v) is 1.52. The summed E-state index contributed by atoms with van der Waals surface area (Å²) in [6.07, 6.45) is 0.875. The highest BCUT2D eigenvalue weighted by atomic mass is 16.2. The number of aliphatic hydroxyl groups excluding tert-OH is 1. The van der Waals surface area contributed by atoms with Crippen LogP contribution in [0.25, 0.3) is 0 Å². The normalized spacial score (nSPS) is 7.25. The fourth-order valence-electron chi connectivity index (χ4n) is 0. The second-order valence-corrected chi connectivity index (χ2v) is 0.724. The Morgan fingerprint density at radius 3 is 2.00 bits per heavy atom. The van der Waals surface area contributed by atoms with Gasteiger partial charge in [0.05, 0.1) is 0 Å². The quantitative estimate of drug-likeness (QED) is 0.384. The molecule has 0 bridgehead atoms. The highest BCUT2D eigenvalue weighted by molar-refractivity contribution is 6.08. The smallest absolute Gasteiger partial charge is 0.104 e. The zero-order valence-electron chi connectivity index (χ0n) is 2.86. The van der Waals surface area contributed by atoms with Gasteiger partial charge in [-0.2, -0.15) is 0 Å². The molecule has 0 aromatic carbocycles. The third-order valence-electron chi connectivity index (χ3n) is 0.224. The molecule has 0 aliphatic rings. The molecule has 0 unspecified atom stereocenters. The number of aliphatic hydroxyl groups is 1. The van der Waals surface area contributed by atoms with Crippen LogP contribution in [0.15, 0.2) is 0 Å². The van der Waals surface area contributed by atoms with Gasteiger partial charge in [-0.15, -0.1) is 0 Å². The van der Waals surface area contributed by atoms with Gasteiger partial charge in [0.2, 0.25) is 0 Å². The monoisotopic (exact) mass is 58.1 g/mol. The first-order chi connectivity index (χ1) is 1.91. The SMILES string of the molecule is BCCO. The Labute approximate surface area is 27.1 Å². The molecular weight excluding hydrogens is 50.8 g/mol. The van der Waals surface area contributed by atoms with Crippen molar-refractivity contribution in [2.24, 2.45) is 0 Å². The molecule has 4 heavy (non-hydrogen) atoms. The van der Waals surface area contributed by atoms with Gasteiger partial charge in [-0.1, -0.05) is 6.32 Å². The molecular formula is C2H7BO. The average Bonchev–Trinajstić information content (AvgIpc) is 1.37. The van der Waals surface area contributed by atoms with Crippen LogP contribution >= 0.6 is 0 Å². The van der Waals surface area contributed by atoms with E-state index in [-0.39, 0.29) is 0 Å². The third kappa shape index (κ3) is 2.02. The fraction of sp³-hybridized carbons (Fsp3) is 1.00. The molecule has 0 aliphatic carbocycles. The molecule has 0 radical (unpaired) electrons. The summed E-state index contributed by atoms with van der Waals surface area (Å²) < 4.78 is 0. The maximum atomic E-state index is 7.88. The van der Waals surface area contributed by atoms with Crippen molar-refractivity contribution in [3.63, 3.8) is 0 Å². The summed E-state index contributed by atoms with van der Waals surface area (Å²) in [5.74, 6) is 0. The largest absolute Gasteiger partial charge is 0.397 e. The molecule has 0 fully saturated rings. The highest BCUT2D eigenvalue weighted by Gasteiger charge is 1.58. The molecule has 0 amide bonds. The van der Waals surface area contributed by atoms with Gasteiger partial charge in [0.15, 0.2) is 0 Å². The van der Waals surface area contributed by atoms with Crippen LogP contribution in [-0.4, -0.2) is 19.6 Å². The molecule has 0 rings (SSSR count).